The van der Waals surface area contributed by atoms with Gasteiger partial charge in [-0.1, -0.05) is 29.8 Å². The SMILES string of the molecule is Cc1ccc(CC(C)(N)N)cc1. The maximum atomic E-state index is 5.68. The molecule has 0 radical (unpaired) electrons. The van der Waals surface area contributed by atoms with Crippen molar-refractivity contribution in [3.63, 3.8) is 0 Å². The first-order chi connectivity index (χ1) is 5.47. The summed E-state index contributed by atoms with van der Waals surface area (Å²) >= 11 is 0. The van der Waals surface area contributed by atoms with Crippen molar-refractivity contribution < 1.29 is 0 Å². The van der Waals surface area contributed by atoms with Crippen LogP contribution in [0, 0.1) is 6.92 Å². The van der Waals surface area contributed by atoms with Gasteiger partial charge >= 0.3 is 0 Å². The average Bonchev–Trinajstić information content (AvgIpc) is 1.91. The number of benzene rings is 1. The lowest BCUT2D eigenvalue weighted by Gasteiger charge is -2.18. The normalized spacial score (nSPS) is 11.7. The van der Waals surface area contributed by atoms with E-state index in [4.69, 9.17) is 11.5 Å². The molecular weight excluding hydrogens is 148 g/mol. The fourth-order valence-electron chi connectivity index (χ4n) is 1.15. The molecule has 4 N–H and O–H groups in total. The van der Waals surface area contributed by atoms with Gasteiger partial charge in [-0.2, -0.15) is 0 Å². The van der Waals surface area contributed by atoms with Crippen molar-refractivity contribution in [1.82, 2.24) is 0 Å². The summed E-state index contributed by atoms with van der Waals surface area (Å²) in [5.41, 5.74) is 13.2. The third-order valence-corrected chi connectivity index (χ3v) is 1.71. The van der Waals surface area contributed by atoms with Crippen LogP contribution in [0.25, 0.3) is 0 Å². The molecule has 0 aliphatic heterocycles. The third-order valence-electron chi connectivity index (χ3n) is 1.71. The largest absolute Gasteiger partial charge is 0.313 e. The molecule has 0 unspecified atom stereocenters. The summed E-state index contributed by atoms with van der Waals surface area (Å²) in [5, 5.41) is 0. The molecule has 0 bridgehead atoms. The van der Waals surface area contributed by atoms with E-state index < -0.39 is 5.66 Å². The van der Waals surface area contributed by atoms with Gasteiger partial charge in [-0.15, -0.1) is 0 Å². The molecule has 12 heavy (non-hydrogen) atoms. The van der Waals surface area contributed by atoms with Crippen LogP contribution in [0.1, 0.15) is 18.1 Å². The second-order valence-electron chi connectivity index (χ2n) is 3.67. The predicted molar refractivity (Wildman–Crippen MR) is 51.7 cm³/mol. The molecule has 1 aromatic rings. The summed E-state index contributed by atoms with van der Waals surface area (Å²) in [4.78, 5) is 0. The van der Waals surface area contributed by atoms with E-state index in [9.17, 15) is 0 Å². The van der Waals surface area contributed by atoms with Crippen LogP contribution in [0.4, 0.5) is 0 Å². The van der Waals surface area contributed by atoms with Crippen LogP contribution in [0.2, 0.25) is 0 Å². The summed E-state index contributed by atoms with van der Waals surface area (Å²) in [6.07, 6.45) is 0.716. The summed E-state index contributed by atoms with van der Waals surface area (Å²) in [7, 11) is 0. The highest BCUT2D eigenvalue weighted by atomic mass is 14.9. The van der Waals surface area contributed by atoms with Crippen molar-refractivity contribution in [2.75, 3.05) is 0 Å². The Labute approximate surface area is 73.6 Å². The predicted octanol–water partition coefficient (Wildman–Crippen LogP) is 1.17. The molecule has 0 amide bonds. The zero-order chi connectivity index (χ0) is 9.19. The van der Waals surface area contributed by atoms with Gasteiger partial charge in [-0.05, 0) is 19.4 Å². The molecule has 0 atom stereocenters. The van der Waals surface area contributed by atoms with Crippen LogP contribution in [-0.2, 0) is 6.42 Å². The van der Waals surface area contributed by atoms with Gasteiger partial charge in [0.05, 0.1) is 5.66 Å². The quantitative estimate of drug-likeness (QED) is 0.645. The van der Waals surface area contributed by atoms with Crippen molar-refractivity contribution in [3.05, 3.63) is 35.4 Å². The minimum absolute atomic E-state index is 0.602. The molecule has 0 aliphatic rings. The summed E-state index contributed by atoms with van der Waals surface area (Å²) in [6, 6.07) is 8.27. The maximum absolute atomic E-state index is 5.68. The maximum Gasteiger partial charge on any atom is 0.0648 e. The highest BCUT2D eigenvalue weighted by Crippen LogP contribution is 2.07. The van der Waals surface area contributed by atoms with Crippen LogP contribution in [-0.4, -0.2) is 5.66 Å². The molecule has 66 valence electrons. The lowest BCUT2D eigenvalue weighted by Crippen LogP contribution is -2.47. The first-order valence-corrected chi connectivity index (χ1v) is 4.11. The van der Waals surface area contributed by atoms with Crippen LogP contribution in [0.3, 0.4) is 0 Å². The van der Waals surface area contributed by atoms with Crippen molar-refractivity contribution in [1.29, 1.82) is 0 Å². The highest BCUT2D eigenvalue weighted by Gasteiger charge is 2.11. The molecule has 0 aliphatic carbocycles. The topological polar surface area (TPSA) is 52.0 Å². The molecule has 2 heteroatoms. The third kappa shape index (κ3) is 3.03. The van der Waals surface area contributed by atoms with Crippen LogP contribution >= 0.6 is 0 Å². The zero-order valence-electron chi connectivity index (χ0n) is 7.67. The summed E-state index contributed by atoms with van der Waals surface area (Å²) < 4.78 is 0. The van der Waals surface area contributed by atoms with Gasteiger partial charge in [0.1, 0.15) is 0 Å². The minimum atomic E-state index is -0.602. The van der Waals surface area contributed by atoms with E-state index in [1.54, 1.807) is 0 Å². The standard InChI is InChI=1S/C10H16N2/c1-8-3-5-9(6-4-8)7-10(2,11)12/h3-6H,7,11-12H2,1-2H3. The lowest BCUT2D eigenvalue weighted by atomic mass is 10.0. The minimum Gasteiger partial charge on any atom is -0.313 e. The second kappa shape index (κ2) is 3.25. The summed E-state index contributed by atoms with van der Waals surface area (Å²) in [5.74, 6) is 0. The Kier molecular flexibility index (Phi) is 2.50. The van der Waals surface area contributed by atoms with Crippen LogP contribution in [0.5, 0.6) is 0 Å². The van der Waals surface area contributed by atoms with Gasteiger partial charge in [0.2, 0.25) is 0 Å². The van der Waals surface area contributed by atoms with Crippen LogP contribution < -0.4 is 11.5 Å². The Hall–Kier alpha value is -0.860. The molecule has 0 spiro atoms. The van der Waals surface area contributed by atoms with Gasteiger partial charge in [-0.3, -0.25) is 0 Å². The second-order valence-corrected chi connectivity index (χ2v) is 3.67. The number of aryl methyl sites for hydroxylation is 1. The van der Waals surface area contributed by atoms with E-state index in [-0.39, 0.29) is 0 Å². The lowest BCUT2D eigenvalue weighted by molar-refractivity contribution is 0.487. The van der Waals surface area contributed by atoms with Crippen molar-refractivity contribution in [3.8, 4) is 0 Å². The molecule has 0 fully saturated rings. The van der Waals surface area contributed by atoms with E-state index in [0.717, 1.165) is 0 Å². The van der Waals surface area contributed by atoms with Crippen molar-refractivity contribution >= 4 is 0 Å². The fraction of sp³-hybridized carbons (Fsp3) is 0.400. The van der Waals surface area contributed by atoms with Gasteiger partial charge < -0.3 is 11.5 Å². The number of rotatable bonds is 2. The van der Waals surface area contributed by atoms with Crippen molar-refractivity contribution in [2.24, 2.45) is 11.5 Å². The Balaban J connectivity index is 2.71. The highest BCUT2D eigenvalue weighted by molar-refractivity contribution is 5.22. The number of hydrogen-bond donors (Lipinski definition) is 2. The molecule has 1 aromatic carbocycles. The molecule has 0 aromatic heterocycles. The smallest absolute Gasteiger partial charge is 0.0648 e. The molecule has 0 saturated carbocycles. The molecule has 2 nitrogen and oxygen atoms in total. The van der Waals surface area contributed by atoms with E-state index in [0.29, 0.717) is 6.42 Å². The Morgan fingerprint density at radius 2 is 1.67 bits per heavy atom. The fourth-order valence-corrected chi connectivity index (χ4v) is 1.15. The monoisotopic (exact) mass is 164 g/mol. The van der Waals surface area contributed by atoms with E-state index >= 15 is 0 Å². The first kappa shape index (κ1) is 9.23. The molecule has 0 heterocycles. The zero-order valence-corrected chi connectivity index (χ0v) is 7.67. The van der Waals surface area contributed by atoms with Gasteiger partial charge in [0, 0.05) is 6.42 Å². The first-order valence-electron chi connectivity index (χ1n) is 4.11. The van der Waals surface area contributed by atoms with E-state index in [1.165, 1.54) is 11.1 Å². The van der Waals surface area contributed by atoms with E-state index in [1.807, 2.05) is 6.92 Å². The van der Waals surface area contributed by atoms with Gasteiger partial charge in [0.15, 0.2) is 0 Å². The Bertz CT molecular complexity index is 244. The van der Waals surface area contributed by atoms with Crippen LogP contribution in [0.15, 0.2) is 24.3 Å². The van der Waals surface area contributed by atoms with Gasteiger partial charge in [-0.25, -0.2) is 0 Å². The number of nitrogens with two attached hydrogens (primary N) is 2. The summed E-state index contributed by atoms with van der Waals surface area (Å²) in [6.45, 7) is 3.89. The molecule has 0 saturated heterocycles. The Morgan fingerprint density at radius 3 is 2.08 bits per heavy atom. The van der Waals surface area contributed by atoms with Crippen molar-refractivity contribution in [2.45, 2.75) is 25.9 Å². The number of hydrogen-bond acceptors (Lipinski definition) is 2. The molecule has 1 rings (SSSR count). The van der Waals surface area contributed by atoms with Gasteiger partial charge in [0.25, 0.3) is 0 Å². The van der Waals surface area contributed by atoms with E-state index in [2.05, 4.69) is 31.2 Å². The average molecular weight is 164 g/mol. The molecular formula is C10H16N2. The Morgan fingerprint density at radius 1 is 1.17 bits per heavy atom.